The topological polar surface area (TPSA) is 55.1 Å². The minimum atomic E-state index is -0.329. The first-order chi connectivity index (χ1) is 17.2. The van der Waals surface area contributed by atoms with Crippen LogP contribution in [-0.2, 0) is 0 Å². The predicted octanol–water partition coefficient (Wildman–Crippen LogP) is 6.75. The number of nitrogens with zero attached hydrogens (tertiary/aromatic N) is 4. The van der Waals surface area contributed by atoms with Crippen LogP contribution in [0.15, 0.2) is 110 Å². The van der Waals surface area contributed by atoms with Gasteiger partial charge in [0.2, 0.25) is 0 Å². The van der Waals surface area contributed by atoms with E-state index in [9.17, 15) is 4.39 Å². The lowest BCUT2D eigenvalue weighted by Gasteiger charge is -2.20. The molecule has 178 valence electrons. The first-order valence-corrected chi connectivity index (χ1v) is 11.5. The van der Waals surface area contributed by atoms with Crippen LogP contribution >= 0.6 is 12.4 Å². The number of aromatic nitrogens is 4. The number of anilines is 1. The van der Waals surface area contributed by atoms with Crippen LogP contribution in [0.4, 0.5) is 10.2 Å². The Morgan fingerprint density at radius 3 is 2.28 bits per heavy atom. The zero-order valence-corrected chi connectivity index (χ0v) is 20.1. The van der Waals surface area contributed by atoms with Gasteiger partial charge in [0.1, 0.15) is 17.3 Å². The van der Waals surface area contributed by atoms with Gasteiger partial charge in [-0.1, -0.05) is 60.7 Å². The van der Waals surface area contributed by atoms with Crippen molar-refractivity contribution < 1.29 is 4.39 Å². The van der Waals surface area contributed by atoms with Crippen molar-refractivity contribution in [1.82, 2.24) is 19.4 Å². The highest BCUT2D eigenvalue weighted by atomic mass is 35.5. The van der Waals surface area contributed by atoms with Crippen molar-refractivity contribution in [2.75, 3.05) is 11.9 Å². The number of hydrogen-bond acceptors (Lipinski definition) is 4. The highest BCUT2D eigenvalue weighted by Crippen LogP contribution is 2.29. The molecule has 0 aliphatic rings. The molecule has 0 unspecified atom stereocenters. The quantitative estimate of drug-likeness (QED) is 0.277. The lowest BCUT2D eigenvalue weighted by atomic mass is 9.91. The number of pyridine rings is 1. The van der Waals surface area contributed by atoms with Crippen molar-refractivity contribution in [2.24, 2.45) is 0 Å². The number of fused-ring (bicyclic) bond motifs is 2. The third-order valence-electron chi connectivity index (χ3n) is 6.18. The van der Waals surface area contributed by atoms with Crippen molar-refractivity contribution in [3.63, 3.8) is 0 Å². The summed E-state index contributed by atoms with van der Waals surface area (Å²) in [6.45, 7) is 0.623. The first-order valence-electron chi connectivity index (χ1n) is 11.5. The normalized spacial score (nSPS) is 11.1. The lowest BCUT2D eigenvalue weighted by molar-refractivity contribution is 0.629. The number of hydrogen-bond donors (Lipinski definition) is 1. The molecule has 0 fully saturated rings. The number of rotatable bonds is 6. The van der Waals surface area contributed by atoms with E-state index < -0.39 is 0 Å². The van der Waals surface area contributed by atoms with Crippen LogP contribution in [0.2, 0.25) is 0 Å². The van der Waals surface area contributed by atoms with Gasteiger partial charge in [0.05, 0.1) is 5.52 Å². The monoisotopic (exact) mass is 495 g/mol. The second kappa shape index (κ2) is 10.1. The Morgan fingerprint density at radius 1 is 0.833 bits per heavy atom. The van der Waals surface area contributed by atoms with Crippen LogP contribution in [-0.4, -0.2) is 25.9 Å². The van der Waals surface area contributed by atoms with Gasteiger partial charge in [-0.2, -0.15) is 0 Å². The molecule has 0 bridgehead atoms. The molecular weight excluding hydrogens is 473 g/mol. The summed E-state index contributed by atoms with van der Waals surface area (Å²) in [5, 5.41) is 4.33. The molecule has 0 spiro atoms. The smallest absolute Gasteiger partial charge is 0.163 e. The Labute approximate surface area is 214 Å². The molecule has 3 heterocycles. The van der Waals surface area contributed by atoms with Gasteiger partial charge < -0.3 is 9.72 Å². The summed E-state index contributed by atoms with van der Waals surface area (Å²) in [5.74, 6) is 0.989. The van der Waals surface area contributed by atoms with Crippen LogP contribution in [0.25, 0.3) is 27.9 Å². The Bertz CT molecular complexity index is 1580. The van der Waals surface area contributed by atoms with Gasteiger partial charge >= 0.3 is 0 Å². The van der Waals surface area contributed by atoms with Crippen LogP contribution < -0.4 is 5.32 Å². The summed E-state index contributed by atoms with van der Waals surface area (Å²) >= 11 is 0. The fourth-order valence-corrected chi connectivity index (χ4v) is 4.42. The fraction of sp³-hybridized carbons (Fsp3) is 0.0690. The molecule has 0 saturated carbocycles. The van der Waals surface area contributed by atoms with E-state index in [1.807, 2.05) is 41.1 Å². The third-order valence-corrected chi connectivity index (χ3v) is 6.18. The molecule has 0 radical (unpaired) electrons. The maximum absolute atomic E-state index is 14.1. The van der Waals surface area contributed by atoms with E-state index in [1.54, 1.807) is 12.3 Å². The third kappa shape index (κ3) is 4.63. The number of halogens is 2. The average molecular weight is 496 g/mol. The molecule has 0 atom stereocenters. The molecule has 0 saturated heterocycles. The highest BCUT2D eigenvalue weighted by molar-refractivity contribution is 5.90. The van der Waals surface area contributed by atoms with E-state index in [2.05, 4.69) is 63.8 Å². The molecule has 0 aliphatic heterocycles. The van der Waals surface area contributed by atoms with Crippen molar-refractivity contribution in [3.05, 3.63) is 127 Å². The minimum Gasteiger partial charge on any atom is -0.368 e. The maximum atomic E-state index is 14.1. The predicted molar refractivity (Wildman–Crippen MR) is 144 cm³/mol. The van der Waals surface area contributed by atoms with E-state index >= 15 is 0 Å². The van der Waals surface area contributed by atoms with Crippen molar-refractivity contribution in [1.29, 1.82) is 0 Å². The summed E-state index contributed by atoms with van der Waals surface area (Å²) in [6.07, 6.45) is 5.56. The largest absolute Gasteiger partial charge is 0.368 e. The molecule has 3 aromatic heterocycles. The molecule has 6 aromatic rings. The molecule has 7 heteroatoms. The van der Waals surface area contributed by atoms with Crippen LogP contribution in [0.3, 0.4) is 0 Å². The second-order valence-corrected chi connectivity index (χ2v) is 8.42. The van der Waals surface area contributed by atoms with Crippen LogP contribution in [0.5, 0.6) is 0 Å². The lowest BCUT2D eigenvalue weighted by Crippen LogP contribution is -2.15. The van der Waals surface area contributed by atoms with Crippen molar-refractivity contribution >= 4 is 34.8 Å². The number of imidazole rings is 1. The summed E-state index contributed by atoms with van der Waals surface area (Å²) < 4.78 is 16.1. The minimum absolute atomic E-state index is 0. The van der Waals surface area contributed by atoms with E-state index in [-0.39, 0.29) is 24.1 Å². The molecule has 0 aliphatic carbocycles. The number of nitrogens with one attached hydrogen (secondary N) is 1. The van der Waals surface area contributed by atoms with E-state index in [4.69, 9.17) is 4.98 Å². The van der Waals surface area contributed by atoms with Crippen LogP contribution in [0.1, 0.15) is 17.0 Å². The van der Waals surface area contributed by atoms with Gasteiger partial charge in [0.25, 0.3) is 0 Å². The molecule has 1 N–H and O–H groups in total. The van der Waals surface area contributed by atoms with Gasteiger partial charge in [-0.05, 0) is 35.4 Å². The van der Waals surface area contributed by atoms with Crippen LogP contribution in [0, 0.1) is 5.82 Å². The number of benzene rings is 3. The maximum Gasteiger partial charge on any atom is 0.163 e. The summed E-state index contributed by atoms with van der Waals surface area (Å²) in [4.78, 5) is 13.8. The SMILES string of the molecule is Cl.Fc1ccc2c(NCC(c3ccccc3)c3ccccc3)nc(-c3ccc4nccn4c3)nc2c1. The molecule has 5 nitrogen and oxygen atoms in total. The average Bonchev–Trinajstić information content (AvgIpc) is 3.38. The van der Waals surface area contributed by atoms with E-state index in [0.29, 0.717) is 23.7 Å². The summed E-state index contributed by atoms with van der Waals surface area (Å²) in [7, 11) is 0. The first kappa shape index (κ1) is 23.5. The van der Waals surface area contributed by atoms with Crippen molar-refractivity contribution in [3.8, 4) is 11.4 Å². The van der Waals surface area contributed by atoms with Gasteiger partial charge in [-0.15, -0.1) is 12.4 Å². The highest BCUT2D eigenvalue weighted by Gasteiger charge is 2.16. The Balaban J connectivity index is 0.00000267. The van der Waals surface area contributed by atoms with Crippen molar-refractivity contribution in [2.45, 2.75) is 5.92 Å². The molecular formula is C29H23ClFN5. The molecule has 36 heavy (non-hydrogen) atoms. The fourth-order valence-electron chi connectivity index (χ4n) is 4.42. The standard InChI is InChI=1S/C29H22FN5.ClH/c30-23-12-13-24-26(17-23)33-28(22-11-14-27-31-15-16-35(27)19-22)34-29(24)32-18-25(20-7-3-1-4-8-20)21-9-5-2-6-10-21;/h1-17,19,25H,18H2,(H,32,33,34);1H. The van der Waals surface area contributed by atoms with Gasteiger partial charge in [0.15, 0.2) is 5.82 Å². The van der Waals surface area contributed by atoms with E-state index in [1.165, 1.54) is 23.3 Å². The molecule has 3 aromatic carbocycles. The zero-order chi connectivity index (χ0) is 23.6. The Hall–Kier alpha value is -4.29. The molecule has 6 rings (SSSR count). The molecule has 0 amide bonds. The summed E-state index contributed by atoms with van der Waals surface area (Å²) in [6, 6.07) is 29.3. The Morgan fingerprint density at radius 2 is 1.56 bits per heavy atom. The second-order valence-electron chi connectivity index (χ2n) is 8.42. The zero-order valence-electron chi connectivity index (χ0n) is 19.3. The Kier molecular flexibility index (Phi) is 6.60. The van der Waals surface area contributed by atoms with Gasteiger partial charge in [-0.25, -0.2) is 19.3 Å². The summed E-state index contributed by atoms with van der Waals surface area (Å²) in [5.41, 5.74) is 4.64. The van der Waals surface area contributed by atoms with Gasteiger partial charge in [-0.3, -0.25) is 0 Å². The van der Waals surface area contributed by atoms with Gasteiger partial charge in [0, 0.05) is 48.1 Å². The van der Waals surface area contributed by atoms with E-state index in [0.717, 1.165) is 16.6 Å².